The number of pyridine rings is 1. The van der Waals surface area contributed by atoms with E-state index in [4.69, 9.17) is 4.74 Å². The van der Waals surface area contributed by atoms with Gasteiger partial charge in [0.2, 0.25) is 0 Å². The average Bonchev–Trinajstić information content (AvgIpc) is 3.00. The van der Waals surface area contributed by atoms with Crippen molar-refractivity contribution in [2.24, 2.45) is 7.05 Å². The van der Waals surface area contributed by atoms with Crippen molar-refractivity contribution in [3.63, 3.8) is 0 Å². The predicted octanol–water partition coefficient (Wildman–Crippen LogP) is 2.33. The maximum Gasteiger partial charge on any atom is 0.341 e. The number of ether oxygens (including phenoxy) is 1. The van der Waals surface area contributed by atoms with Gasteiger partial charge >= 0.3 is 5.97 Å². The first kappa shape index (κ1) is 16.8. The van der Waals surface area contributed by atoms with Crippen molar-refractivity contribution in [2.45, 2.75) is 13.3 Å². The number of nitrogens with one attached hydrogen (secondary N) is 1. The van der Waals surface area contributed by atoms with Crippen molar-refractivity contribution >= 4 is 22.6 Å². The quantitative estimate of drug-likeness (QED) is 0.692. The van der Waals surface area contributed by atoms with E-state index in [9.17, 15) is 9.18 Å². The number of benzene rings is 1. The van der Waals surface area contributed by atoms with Crippen molar-refractivity contribution in [3.8, 4) is 0 Å². The van der Waals surface area contributed by atoms with E-state index in [-0.39, 0.29) is 12.2 Å². The zero-order chi connectivity index (χ0) is 17.8. The van der Waals surface area contributed by atoms with Gasteiger partial charge in [-0.3, -0.25) is 9.67 Å². The number of carbonyl (C=O) groups excluding carboxylic acids is 1. The summed E-state index contributed by atoms with van der Waals surface area (Å²) in [6.07, 6.45) is 3.53. The summed E-state index contributed by atoms with van der Waals surface area (Å²) in [5.74, 6) is -0.0938. The summed E-state index contributed by atoms with van der Waals surface area (Å²) in [6.45, 7) is 2.47. The molecule has 0 aliphatic carbocycles. The molecule has 0 fully saturated rings. The number of esters is 1. The second kappa shape index (κ2) is 7.25. The van der Waals surface area contributed by atoms with Crippen LogP contribution >= 0.6 is 0 Å². The third kappa shape index (κ3) is 3.57. The van der Waals surface area contributed by atoms with Gasteiger partial charge in [-0.2, -0.15) is 5.10 Å². The van der Waals surface area contributed by atoms with Crippen molar-refractivity contribution in [1.82, 2.24) is 19.7 Å². The minimum Gasteiger partial charge on any atom is -0.462 e. The summed E-state index contributed by atoms with van der Waals surface area (Å²) in [6, 6.07) is 4.27. The fraction of sp³-hybridized carbons (Fsp3) is 0.294. The van der Waals surface area contributed by atoms with Gasteiger partial charge in [-0.1, -0.05) is 0 Å². The molecule has 1 aromatic carbocycles. The first-order valence-electron chi connectivity index (χ1n) is 7.92. The van der Waals surface area contributed by atoms with Crippen molar-refractivity contribution < 1.29 is 13.9 Å². The lowest BCUT2D eigenvalue weighted by atomic mass is 10.1. The van der Waals surface area contributed by atoms with Gasteiger partial charge in [-0.05, 0) is 25.1 Å². The normalized spacial score (nSPS) is 10.8. The minimum absolute atomic E-state index is 0.248. The molecule has 7 nitrogen and oxygen atoms in total. The van der Waals surface area contributed by atoms with Crippen LogP contribution in [-0.4, -0.2) is 38.9 Å². The molecule has 8 heteroatoms. The summed E-state index contributed by atoms with van der Waals surface area (Å²) in [5, 5.41) is 7.75. The van der Waals surface area contributed by atoms with E-state index < -0.39 is 11.8 Å². The highest BCUT2D eigenvalue weighted by Gasteiger charge is 2.17. The van der Waals surface area contributed by atoms with Crippen molar-refractivity contribution in [2.75, 3.05) is 18.5 Å². The monoisotopic (exact) mass is 343 g/mol. The SMILES string of the molecule is CCOC(=O)c1cnc2ccc(F)cc2c1NCCc1ncnn1C. The Kier molecular flexibility index (Phi) is 4.87. The Morgan fingerprint density at radius 2 is 2.20 bits per heavy atom. The molecule has 0 atom stereocenters. The van der Waals surface area contributed by atoms with Gasteiger partial charge < -0.3 is 10.1 Å². The van der Waals surface area contributed by atoms with Crippen LogP contribution in [0.25, 0.3) is 10.9 Å². The molecule has 1 N–H and O–H groups in total. The number of nitrogens with zero attached hydrogens (tertiary/aromatic N) is 4. The topological polar surface area (TPSA) is 81.9 Å². The van der Waals surface area contributed by atoms with Gasteiger partial charge in [0.15, 0.2) is 0 Å². The first-order chi connectivity index (χ1) is 12.1. The fourth-order valence-electron chi connectivity index (χ4n) is 2.56. The van der Waals surface area contributed by atoms with E-state index in [1.807, 2.05) is 7.05 Å². The number of fused-ring (bicyclic) bond motifs is 1. The van der Waals surface area contributed by atoms with E-state index in [1.54, 1.807) is 17.7 Å². The van der Waals surface area contributed by atoms with Crippen LogP contribution < -0.4 is 5.32 Å². The number of hydrogen-bond acceptors (Lipinski definition) is 6. The standard InChI is InChI=1S/C17H18FN5O2/c1-3-25-17(24)13-9-20-14-5-4-11(18)8-12(14)16(13)19-7-6-15-21-10-22-23(15)2/h4-5,8-10H,3,6-7H2,1-2H3,(H,19,20). The minimum atomic E-state index is -0.498. The van der Waals surface area contributed by atoms with Gasteiger partial charge in [0.25, 0.3) is 0 Å². The molecule has 0 amide bonds. The summed E-state index contributed by atoms with van der Waals surface area (Å²) in [4.78, 5) is 20.6. The van der Waals surface area contributed by atoms with Crippen LogP contribution in [0.1, 0.15) is 23.1 Å². The number of halogens is 1. The Morgan fingerprint density at radius 3 is 2.92 bits per heavy atom. The summed E-state index contributed by atoms with van der Waals surface area (Å²) >= 11 is 0. The van der Waals surface area contributed by atoms with Crippen LogP contribution in [0, 0.1) is 5.82 Å². The van der Waals surface area contributed by atoms with Gasteiger partial charge in [0.05, 0.1) is 17.8 Å². The molecule has 3 rings (SSSR count). The maximum absolute atomic E-state index is 13.7. The lowest BCUT2D eigenvalue weighted by molar-refractivity contribution is 0.0527. The van der Waals surface area contributed by atoms with Gasteiger partial charge in [0, 0.05) is 31.6 Å². The molecule has 0 aliphatic heterocycles. The Balaban J connectivity index is 1.94. The van der Waals surface area contributed by atoms with Crippen LogP contribution in [0.4, 0.5) is 10.1 Å². The Bertz CT molecular complexity index is 909. The molecule has 2 aromatic heterocycles. The second-order valence-electron chi connectivity index (χ2n) is 5.41. The van der Waals surface area contributed by atoms with E-state index in [1.165, 1.54) is 24.7 Å². The van der Waals surface area contributed by atoms with E-state index in [2.05, 4.69) is 20.4 Å². The largest absolute Gasteiger partial charge is 0.462 e. The number of aromatic nitrogens is 4. The molecular formula is C17H18FN5O2. The van der Waals surface area contributed by atoms with Crippen molar-refractivity contribution in [1.29, 1.82) is 0 Å². The number of carbonyl (C=O) groups is 1. The highest BCUT2D eigenvalue weighted by molar-refractivity contribution is 6.04. The molecule has 0 radical (unpaired) electrons. The lowest BCUT2D eigenvalue weighted by Crippen LogP contribution is -2.14. The second-order valence-corrected chi connectivity index (χ2v) is 5.41. The Morgan fingerprint density at radius 1 is 1.36 bits per heavy atom. The Labute approximate surface area is 143 Å². The number of aryl methyl sites for hydroxylation is 1. The van der Waals surface area contributed by atoms with Crippen LogP contribution in [0.3, 0.4) is 0 Å². The zero-order valence-corrected chi connectivity index (χ0v) is 14.0. The van der Waals surface area contributed by atoms with E-state index in [0.29, 0.717) is 29.6 Å². The molecule has 130 valence electrons. The summed E-state index contributed by atoms with van der Waals surface area (Å²) < 4.78 is 20.5. The smallest absolute Gasteiger partial charge is 0.341 e. The summed E-state index contributed by atoms with van der Waals surface area (Å²) in [7, 11) is 1.81. The fourth-order valence-corrected chi connectivity index (χ4v) is 2.56. The third-order valence-corrected chi connectivity index (χ3v) is 3.78. The van der Waals surface area contributed by atoms with Crippen LogP contribution in [0.5, 0.6) is 0 Å². The molecule has 0 bridgehead atoms. The average molecular weight is 343 g/mol. The lowest BCUT2D eigenvalue weighted by Gasteiger charge is -2.14. The third-order valence-electron chi connectivity index (χ3n) is 3.78. The number of rotatable bonds is 6. The van der Waals surface area contributed by atoms with E-state index in [0.717, 1.165) is 5.82 Å². The van der Waals surface area contributed by atoms with E-state index >= 15 is 0 Å². The molecule has 3 aromatic rings. The number of hydrogen-bond donors (Lipinski definition) is 1. The summed E-state index contributed by atoms with van der Waals surface area (Å²) in [5.41, 5.74) is 1.37. The molecule has 0 spiro atoms. The first-order valence-corrected chi connectivity index (χ1v) is 7.92. The van der Waals surface area contributed by atoms with Crippen molar-refractivity contribution in [3.05, 3.63) is 47.9 Å². The van der Waals surface area contributed by atoms with Crippen LogP contribution in [0.15, 0.2) is 30.7 Å². The van der Waals surface area contributed by atoms with Crippen LogP contribution in [-0.2, 0) is 18.2 Å². The molecule has 0 unspecified atom stereocenters. The molecule has 0 aliphatic rings. The van der Waals surface area contributed by atoms with Gasteiger partial charge in [0.1, 0.15) is 23.5 Å². The molecular weight excluding hydrogens is 325 g/mol. The Hall–Kier alpha value is -3.03. The van der Waals surface area contributed by atoms with Gasteiger partial charge in [-0.15, -0.1) is 0 Å². The molecule has 25 heavy (non-hydrogen) atoms. The molecule has 2 heterocycles. The maximum atomic E-state index is 13.7. The molecule has 0 saturated carbocycles. The predicted molar refractivity (Wildman–Crippen MR) is 90.9 cm³/mol. The number of anilines is 1. The van der Waals surface area contributed by atoms with Gasteiger partial charge in [-0.25, -0.2) is 14.2 Å². The van der Waals surface area contributed by atoms with Crippen LogP contribution in [0.2, 0.25) is 0 Å². The molecule has 0 saturated heterocycles. The highest BCUT2D eigenvalue weighted by atomic mass is 19.1. The highest BCUT2D eigenvalue weighted by Crippen LogP contribution is 2.27. The zero-order valence-electron chi connectivity index (χ0n) is 14.0.